The lowest BCUT2D eigenvalue weighted by Gasteiger charge is -2.24. The maximum atomic E-state index is 13.2. The molecule has 0 aliphatic rings. The molecule has 8 nitrogen and oxygen atoms in total. The molecular formula is C22H30N4O4. The summed E-state index contributed by atoms with van der Waals surface area (Å²) in [6.07, 6.45) is 2.23. The number of Topliss-reactive ketones (excluding diaryl/α,β-unsaturated/α-hetero) is 1. The number of nitrogens with one attached hydrogen (secondary N) is 1. The molecule has 8 heteroatoms. The van der Waals surface area contributed by atoms with Gasteiger partial charge in [0.25, 0.3) is 0 Å². The molecule has 0 bridgehead atoms. The van der Waals surface area contributed by atoms with E-state index in [9.17, 15) is 14.4 Å². The topological polar surface area (TPSA) is 93.5 Å². The molecule has 0 spiro atoms. The van der Waals surface area contributed by atoms with Crippen LogP contribution in [-0.4, -0.2) is 58.5 Å². The molecule has 0 unspecified atom stereocenters. The second-order valence-corrected chi connectivity index (χ2v) is 7.50. The van der Waals surface area contributed by atoms with E-state index in [4.69, 9.17) is 4.74 Å². The minimum absolute atomic E-state index is 0.0592. The van der Waals surface area contributed by atoms with Crippen LogP contribution in [-0.2, 0) is 18.2 Å². The number of nitrogens with zero attached hydrogens (tertiary/aromatic N) is 3. The number of hydrogen-bond acceptors (Lipinski definition) is 5. The highest BCUT2D eigenvalue weighted by Crippen LogP contribution is 2.23. The van der Waals surface area contributed by atoms with Crippen molar-refractivity contribution in [1.29, 1.82) is 0 Å². The Hall–Kier alpha value is -3.16. The van der Waals surface area contributed by atoms with E-state index in [-0.39, 0.29) is 24.4 Å². The molecule has 2 aromatic heterocycles. The molecule has 0 fully saturated rings. The summed E-state index contributed by atoms with van der Waals surface area (Å²) in [4.78, 5) is 43.8. The number of ether oxygens (including phenoxy) is 1. The van der Waals surface area contributed by atoms with Gasteiger partial charge >= 0.3 is 12.0 Å². The number of hydrogen-bond donors (Lipinski definition) is 1. The summed E-state index contributed by atoms with van der Waals surface area (Å²) in [6.45, 7) is 7.47. The third-order valence-electron chi connectivity index (χ3n) is 4.99. The molecule has 162 valence electrons. The van der Waals surface area contributed by atoms with E-state index in [1.54, 1.807) is 31.7 Å². The summed E-state index contributed by atoms with van der Waals surface area (Å²) in [5.74, 6) is -0.725. The molecule has 2 heterocycles. The van der Waals surface area contributed by atoms with Crippen LogP contribution in [0.1, 0.15) is 51.6 Å². The highest BCUT2D eigenvalue weighted by Gasteiger charge is 2.27. The van der Waals surface area contributed by atoms with Crippen molar-refractivity contribution in [2.24, 2.45) is 7.05 Å². The number of carbonyl (C=O) groups is 3. The van der Waals surface area contributed by atoms with Crippen molar-refractivity contribution < 1.29 is 19.1 Å². The number of carbonyl (C=O) groups excluding carboxylic acids is 3. The van der Waals surface area contributed by atoms with Crippen molar-refractivity contribution in [3.63, 3.8) is 0 Å². The van der Waals surface area contributed by atoms with E-state index in [0.29, 0.717) is 35.5 Å². The lowest BCUT2D eigenvalue weighted by molar-refractivity contribution is 0.0588. The molecule has 2 amide bonds. The number of esters is 1. The molecule has 0 aliphatic carbocycles. The Morgan fingerprint density at radius 2 is 1.93 bits per heavy atom. The molecule has 0 saturated heterocycles. The van der Waals surface area contributed by atoms with Gasteiger partial charge in [0.15, 0.2) is 5.78 Å². The standard InChI is InChI=1S/C22H30N4O4/c1-14(2)24-22(29)26(12-10-17-9-7-8-11-23-17)13-18(27)19-15(3)20(21(28)30-6)25(5)16(19)4/h7-9,11,14H,10,12-13H2,1-6H3,(H,24,29). The summed E-state index contributed by atoms with van der Waals surface area (Å²) >= 11 is 0. The number of amides is 2. The first-order valence-corrected chi connectivity index (χ1v) is 9.90. The van der Waals surface area contributed by atoms with Crippen LogP contribution in [0, 0.1) is 13.8 Å². The molecule has 30 heavy (non-hydrogen) atoms. The van der Waals surface area contributed by atoms with E-state index in [0.717, 1.165) is 5.69 Å². The third kappa shape index (κ3) is 5.25. The quantitative estimate of drug-likeness (QED) is 0.529. The second kappa shape index (κ2) is 10.0. The zero-order valence-electron chi connectivity index (χ0n) is 18.5. The van der Waals surface area contributed by atoms with Gasteiger partial charge < -0.3 is 19.5 Å². The van der Waals surface area contributed by atoms with Gasteiger partial charge in [0.1, 0.15) is 5.69 Å². The van der Waals surface area contributed by atoms with E-state index in [2.05, 4.69) is 10.3 Å². The molecule has 0 aromatic carbocycles. The van der Waals surface area contributed by atoms with Gasteiger partial charge in [0.05, 0.1) is 13.7 Å². The summed E-state index contributed by atoms with van der Waals surface area (Å²) in [6, 6.07) is 5.23. The lowest BCUT2D eigenvalue weighted by Crippen LogP contribution is -2.46. The van der Waals surface area contributed by atoms with Crippen LogP contribution in [0.15, 0.2) is 24.4 Å². The van der Waals surface area contributed by atoms with Gasteiger partial charge in [0.2, 0.25) is 0 Å². The highest BCUT2D eigenvalue weighted by molar-refractivity contribution is 6.04. The van der Waals surface area contributed by atoms with Crippen LogP contribution in [0.2, 0.25) is 0 Å². The van der Waals surface area contributed by atoms with Crippen molar-refractivity contribution in [3.05, 3.63) is 52.6 Å². The van der Waals surface area contributed by atoms with Crippen molar-refractivity contribution in [1.82, 2.24) is 19.8 Å². The van der Waals surface area contributed by atoms with Gasteiger partial charge in [-0.1, -0.05) is 6.07 Å². The van der Waals surface area contributed by atoms with Gasteiger partial charge in [-0.25, -0.2) is 9.59 Å². The van der Waals surface area contributed by atoms with Gasteiger partial charge in [-0.2, -0.15) is 0 Å². The third-order valence-corrected chi connectivity index (χ3v) is 4.99. The number of ketones is 1. The molecular weight excluding hydrogens is 384 g/mol. The van der Waals surface area contributed by atoms with E-state index < -0.39 is 5.97 Å². The Kier molecular flexibility index (Phi) is 7.74. The fraction of sp³-hybridized carbons (Fsp3) is 0.455. The molecule has 1 N–H and O–H groups in total. The monoisotopic (exact) mass is 414 g/mol. The van der Waals surface area contributed by atoms with Gasteiger partial charge in [-0.05, 0) is 45.4 Å². The van der Waals surface area contributed by atoms with E-state index in [1.165, 1.54) is 12.0 Å². The summed E-state index contributed by atoms with van der Waals surface area (Å²) in [5.41, 5.74) is 2.84. The van der Waals surface area contributed by atoms with E-state index in [1.807, 2.05) is 32.0 Å². The Balaban J connectivity index is 2.27. The Morgan fingerprint density at radius 3 is 2.50 bits per heavy atom. The molecule has 2 aromatic rings. The zero-order valence-corrected chi connectivity index (χ0v) is 18.5. The van der Waals surface area contributed by atoms with Crippen LogP contribution in [0.3, 0.4) is 0 Å². The minimum Gasteiger partial charge on any atom is -0.464 e. The van der Waals surface area contributed by atoms with Gasteiger partial charge in [-0.15, -0.1) is 0 Å². The molecule has 0 saturated carbocycles. The number of aromatic nitrogens is 2. The van der Waals surface area contributed by atoms with Gasteiger partial charge in [0, 0.05) is 49.2 Å². The first-order chi connectivity index (χ1) is 14.2. The molecule has 0 radical (unpaired) electrons. The van der Waals surface area contributed by atoms with Crippen molar-refractivity contribution >= 4 is 17.8 Å². The summed E-state index contributed by atoms with van der Waals surface area (Å²) in [5, 5.41) is 2.84. The number of methoxy groups -OCH3 is 1. The number of rotatable bonds is 8. The Labute approximate surface area is 177 Å². The fourth-order valence-corrected chi connectivity index (χ4v) is 3.41. The summed E-state index contributed by atoms with van der Waals surface area (Å²) < 4.78 is 6.50. The van der Waals surface area contributed by atoms with Crippen LogP contribution < -0.4 is 5.32 Å². The average Bonchev–Trinajstić information content (AvgIpc) is 2.93. The smallest absolute Gasteiger partial charge is 0.354 e. The lowest BCUT2D eigenvalue weighted by atomic mass is 10.1. The van der Waals surface area contributed by atoms with Crippen LogP contribution in [0.5, 0.6) is 0 Å². The normalized spacial score (nSPS) is 10.8. The predicted octanol–water partition coefficient (Wildman–Crippen LogP) is 2.67. The molecule has 2 rings (SSSR count). The maximum Gasteiger partial charge on any atom is 0.354 e. The second-order valence-electron chi connectivity index (χ2n) is 7.50. The van der Waals surface area contributed by atoms with Crippen LogP contribution in [0.25, 0.3) is 0 Å². The summed E-state index contributed by atoms with van der Waals surface area (Å²) in [7, 11) is 3.02. The SMILES string of the molecule is COC(=O)c1c(C)c(C(=O)CN(CCc2ccccn2)C(=O)NC(C)C)c(C)n1C. The maximum absolute atomic E-state index is 13.2. The largest absolute Gasteiger partial charge is 0.464 e. The highest BCUT2D eigenvalue weighted by atomic mass is 16.5. The van der Waals surface area contributed by atoms with Crippen molar-refractivity contribution in [3.8, 4) is 0 Å². The first-order valence-electron chi connectivity index (χ1n) is 9.90. The zero-order chi connectivity index (χ0) is 22.4. The number of pyridine rings is 1. The molecule has 0 atom stereocenters. The number of urea groups is 1. The molecule has 0 aliphatic heterocycles. The fourth-order valence-electron chi connectivity index (χ4n) is 3.41. The Morgan fingerprint density at radius 1 is 1.23 bits per heavy atom. The minimum atomic E-state index is -0.498. The van der Waals surface area contributed by atoms with E-state index >= 15 is 0 Å². The predicted molar refractivity (Wildman–Crippen MR) is 114 cm³/mol. The van der Waals surface area contributed by atoms with Crippen molar-refractivity contribution in [2.45, 2.75) is 40.2 Å². The van der Waals surface area contributed by atoms with Crippen LogP contribution in [0.4, 0.5) is 4.79 Å². The Bertz CT molecular complexity index is 919. The van der Waals surface area contributed by atoms with Crippen molar-refractivity contribution in [2.75, 3.05) is 20.2 Å². The van der Waals surface area contributed by atoms with Gasteiger partial charge in [-0.3, -0.25) is 9.78 Å². The van der Waals surface area contributed by atoms with Crippen LogP contribution >= 0.6 is 0 Å². The first kappa shape index (κ1) is 23.1. The average molecular weight is 415 g/mol.